The number of carbonyl (C=O) groups excluding carboxylic acids is 1. The highest BCUT2D eigenvalue weighted by molar-refractivity contribution is 7.45. The van der Waals surface area contributed by atoms with E-state index in [9.17, 15) is 14.3 Å². The third kappa shape index (κ3) is 31.2. The van der Waals surface area contributed by atoms with Gasteiger partial charge in [0.05, 0.1) is 34.4 Å². The summed E-state index contributed by atoms with van der Waals surface area (Å²) < 4.78 is 33.5. The third-order valence-corrected chi connectivity index (χ3v) is 6.71. The zero-order valence-corrected chi connectivity index (χ0v) is 28.3. The molecule has 9 heteroatoms. The van der Waals surface area contributed by atoms with E-state index in [-0.39, 0.29) is 26.2 Å². The van der Waals surface area contributed by atoms with Crippen LogP contribution >= 0.6 is 7.82 Å². The molecule has 0 N–H and O–H groups in total. The number of hydrogen-bond donors (Lipinski definition) is 0. The van der Waals surface area contributed by atoms with Crippen LogP contribution in [-0.2, 0) is 27.9 Å². The Morgan fingerprint density at radius 3 is 1.74 bits per heavy atom. The number of likely N-dealkylation sites (N-methyl/N-ethyl adjacent to an activating group) is 1. The quantitative estimate of drug-likeness (QED) is 0.0309. The Morgan fingerprint density at radius 1 is 0.744 bits per heavy atom. The minimum Gasteiger partial charge on any atom is -0.756 e. The van der Waals surface area contributed by atoms with E-state index in [1.54, 1.807) is 0 Å². The van der Waals surface area contributed by atoms with Crippen molar-refractivity contribution < 1.29 is 37.3 Å². The Bertz CT molecular complexity index is 916. The van der Waals surface area contributed by atoms with E-state index in [1.165, 1.54) is 0 Å². The van der Waals surface area contributed by atoms with Crippen LogP contribution in [0.25, 0.3) is 0 Å². The summed E-state index contributed by atoms with van der Waals surface area (Å²) in [7, 11) is 1.29. The third-order valence-electron chi connectivity index (χ3n) is 5.74. The molecule has 0 aromatic carbocycles. The van der Waals surface area contributed by atoms with E-state index in [2.05, 4.69) is 79.8 Å². The van der Waals surface area contributed by atoms with E-state index in [1.807, 2.05) is 28.1 Å². The lowest BCUT2D eigenvalue weighted by atomic mass is 10.2. The molecule has 0 radical (unpaired) electrons. The molecule has 0 aromatic heterocycles. The van der Waals surface area contributed by atoms with Crippen LogP contribution in [0.1, 0.15) is 78.1 Å². The van der Waals surface area contributed by atoms with Crippen molar-refractivity contribution in [3.8, 4) is 0 Å². The Balaban J connectivity index is 4.11. The first-order valence-corrected chi connectivity index (χ1v) is 17.1. The van der Waals surface area contributed by atoms with Gasteiger partial charge in [-0.1, -0.05) is 86.8 Å². The number of hydrogen-bond acceptors (Lipinski definition) is 7. The summed E-state index contributed by atoms with van der Waals surface area (Å²) in [5.41, 5.74) is 0. The highest BCUT2D eigenvalue weighted by Gasteiger charge is 2.20. The number of nitrogens with zero attached hydrogens (tertiary/aromatic N) is 1. The smallest absolute Gasteiger partial charge is 0.306 e. The lowest BCUT2D eigenvalue weighted by Gasteiger charge is -2.28. The van der Waals surface area contributed by atoms with Crippen LogP contribution in [0, 0.1) is 0 Å². The van der Waals surface area contributed by atoms with E-state index in [0.717, 1.165) is 51.4 Å². The van der Waals surface area contributed by atoms with E-state index in [4.69, 9.17) is 18.5 Å². The molecular formula is C34H58NO7P. The first-order valence-electron chi connectivity index (χ1n) is 15.7. The summed E-state index contributed by atoms with van der Waals surface area (Å²) in [6.45, 7) is 4.70. The zero-order chi connectivity index (χ0) is 32.1. The summed E-state index contributed by atoms with van der Waals surface area (Å²) in [4.78, 5) is 24.0. The van der Waals surface area contributed by atoms with Gasteiger partial charge in [0.1, 0.15) is 19.3 Å². The molecule has 0 bridgehead atoms. The van der Waals surface area contributed by atoms with Gasteiger partial charge in [-0.15, -0.1) is 0 Å². The van der Waals surface area contributed by atoms with Gasteiger partial charge in [0, 0.05) is 13.0 Å². The maximum Gasteiger partial charge on any atom is 0.306 e. The van der Waals surface area contributed by atoms with E-state index in [0.29, 0.717) is 24.1 Å². The van der Waals surface area contributed by atoms with Gasteiger partial charge in [0.25, 0.3) is 7.82 Å². The van der Waals surface area contributed by atoms with Crippen molar-refractivity contribution in [2.24, 2.45) is 0 Å². The van der Waals surface area contributed by atoms with Crippen LogP contribution in [-0.4, -0.2) is 70.7 Å². The molecule has 0 aromatic rings. The summed E-state index contributed by atoms with van der Waals surface area (Å²) in [6, 6.07) is 0. The first-order chi connectivity index (χ1) is 20.6. The topological polar surface area (TPSA) is 94.1 Å². The number of unbranched alkanes of at least 4 members (excludes halogenated alkanes) is 1. The van der Waals surface area contributed by atoms with Crippen molar-refractivity contribution in [1.29, 1.82) is 0 Å². The second kappa shape index (κ2) is 27.5. The molecule has 2 unspecified atom stereocenters. The van der Waals surface area contributed by atoms with Gasteiger partial charge in [-0.3, -0.25) is 9.36 Å². The molecule has 8 nitrogen and oxygen atoms in total. The second-order valence-corrected chi connectivity index (χ2v) is 12.5. The van der Waals surface area contributed by atoms with Gasteiger partial charge < -0.3 is 27.9 Å². The molecule has 0 saturated carbocycles. The molecule has 0 spiro atoms. The highest BCUT2D eigenvalue weighted by Crippen LogP contribution is 2.38. The van der Waals surface area contributed by atoms with Crippen molar-refractivity contribution in [3.63, 3.8) is 0 Å². The summed E-state index contributed by atoms with van der Waals surface area (Å²) >= 11 is 0. The van der Waals surface area contributed by atoms with E-state index >= 15 is 0 Å². The Morgan fingerprint density at radius 2 is 1.26 bits per heavy atom. The molecule has 2 atom stereocenters. The van der Waals surface area contributed by atoms with Crippen LogP contribution in [0.4, 0.5) is 0 Å². The molecule has 0 aliphatic heterocycles. The summed E-state index contributed by atoms with van der Waals surface area (Å²) in [5, 5.41) is 0. The maximum atomic E-state index is 12.1. The van der Waals surface area contributed by atoms with Gasteiger partial charge in [-0.25, -0.2) is 0 Å². The van der Waals surface area contributed by atoms with E-state index < -0.39 is 19.9 Å². The van der Waals surface area contributed by atoms with Crippen LogP contribution in [0.2, 0.25) is 0 Å². The van der Waals surface area contributed by atoms with Gasteiger partial charge in [0.15, 0.2) is 0 Å². The summed E-state index contributed by atoms with van der Waals surface area (Å²) in [5.74, 6) is -0.413. The Hall–Kier alpha value is -2.06. The van der Waals surface area contributed by atoms with Crippen LogP contribution < -0.4 is 4.89 Å². The molecule has 43 heavy (non-hydrogen) atoms. The average molecular weight is 624 g/mol. The molecule has 0 rings (SSSR count). The molecule has 246 valence electrons. The van der Waals surface area contributed by atoms with Crippen LogP contribution in [0.5, 0.6) is 0 Å². The van der Waals surface area contributed by atoms with Crippen LogP contribution in [0.15, 0.2) is 72.9 Å². The number of quaternary nitrogens is 1. The maximum absolute atomic E-state index is 12.1. The fourth-order valence-corrected chi connectivity index (χ4v) is 4.09. The predicted octanol–water partition coefficient (Wildman–Crippen LogP) is 7.40. The van der Waals surface area contributed by atoms with Gasteiger partial charge >= 0.3 is 5.97 Å². The minimum absolute atomic E-state index is 0.00959. The first kappa shape index (κ1) is 40.9. The van der Waals surface area contributed by atoms with Gasteiger partial charge in [-0.2, -0.15) is 0 Å². The second-order valence-electron chi connectivity index (χ2n) is 11.1. The van der Waals surface area contributed by atoms with Gasteiger partial charge in [0.2, 0.25) is 0 Å². The summed E-state index contributed by atoms with van der Waals surface area (Å²) in [6.07, 6.45) is 33.7. The predicted molar refractivity (Wildman–Crippen MR) is 175 cm³/mol. The monoisotopic (exact) mass is 623 g/mol. The number of phosphoric ester groups is 1. The fraction of sp³-hybridized carbons (Fsp3) is 0.618. The Kier molecular flexibility index (Phi) is 26.2. The van der Waals surface area contributed by atoms with Crippen molar-refractivity contribution >= 4 is 13.8 Å². The number of allylic oxidation sites excluding steroid dienone is 12. The van der Waals surface area contributed by atoms with Gasteiger partial charge in [-0.05, 0) is 57.8 Å². The van der Waals surface area contributed by atoms with Crippen molar-refractivity contribution in [2.45, 2.75) is 84.2 Å². The molecule has 0 aliphatic rings. The molecule has 0 saturated heterocycles. The largest absolute Gasteiger partial charge is 0.756 e. The molecule has 0 amide bonds. The molecule has 0 aliphatic carbocycles. The Labute approximate surface area is 262 Å². The number of rotatable bonds is 27. The lowest BCUT2D eigenvalue weighted by Crippen LogP contribution is -2.37. The number of carbonyl (C=O) groups is 1. The normalized spacial score (nSPS) is 15.2. The average Bonchev–Trinajstić information content (AvgIpc) is 2.93. The SMILES string of the molecule is CC/C=C\C/C=C\C/C=C\C/C=C\C/C=C\C/C=C\CCCOCC(COP(=O)([O-])OCC[N+](C)(C)C)OC(=O)CCC. The number of ether oxygens (including phenoxy) is 2. The fourth-order valence-electron chi connectivity index (χ4n) is 3.36. The molecular weight excluding hydrogens is 565 g/mol. The number of phosphoric acid groups is 1. The lowest BCUT2D eigenvalue weighted by molar-refractivity contribution is -0.870. The van der Waals surface area contributed by atoms with Crippen molar-refractivity contribution in [3.05, 3.63) is 72.9 Å². The minimum atomic E-state index is -4.50. The van der Waals surface area contributed by atoms with Crippen LogP contribution in [0.3, 0.4) is 0 Å². The highest BCUT2D eigenvalue weighted by atomic mass is 31.2. The standard InChI is InChI=1S/C34H58NO7P/c1-6-8-9-10-11-12-13-14-15-16-17-18-19-20-21-22-23-24-25-26-29-39-31-33(42-34(36)27-7-2)32-41-43(37,38)40-30-28-35(3,4)5/h8-9,11-12,14-15,17-18,20-21,23-24,33H,6-7,10,13,16,19,22,25-32H2,1-5H3/b9-8-,12-11-,15-14-,18-17-,21-20-,24-23-. The molecule has 0 fully saturated rings. The molecule has 0 heterocycles. The number of esters is 1. The van der Waals surface area contributed by atoms with Crippen molar-refractivity contribution in [1.82, 2.24) is 0 Å². The zero-order valence-electron chi connectivity index (χ0n) is 27.4. The van der Waals surface area contributed by atoms with Crippen molar-refractivity contribution in [2.75, 3.05) is 54.1 Å².